The molecule has 0 aromatic heterocycles. The minimum Gasteiger partial charge on any atom is -0.493 e. The van der Waals surface area contributed by atoms with Crippen molar-refractivity contribution < 1.29 is 26.9 Å². The number of imide groups is 1. The summed E-state index contributed by atoms with van der Waals surface area (Å²) in [5.41, 5.74) is 1.84. The highest BCUT2D eigenvalue weighted by Gasteiger charge is 2.31. The van der Waals surface area contributed by atoms with Crippen molar-refractivity contribution in [3.63, 3.8) is 0 Å². The second kappa shape index (κ2) is 8.66. The number of thioether (sulfide) groups is 1. The van der Waals surface area contributed by atoms with Gasteiger partial charge < -0.3 is 8.92 Å². The Bertz CT molecular complexity index is 972. The molecule has 0 aliphatic carbocycles. The lowest BCUT2D eigenvalue weighted by Gasteiger charge is -2.09. The van der Waals surface area contributed by atoms with Crippen molar-refractivity contribution in [1.82, 2.24) is 5.32 Å². The Labute approximate surface area is 167 Å². The minimum absolute atomic E-state index is 0.252. The number of carbonyl (C=O) groups excluding carboxylic acids is 2. The lowest BCUT2D eigenvalue weighted by Crippen LogP contribution is -2.25. The van der Waals surface area contributed by atoms with E-state index in [4.69, 9.17) is 8.92 Å². The molecule has 1 fully saturated rings. The van der Waals surface area contributed by atoms with Crippen LogP contribution in [0.5, 0.6) is 11.5 Å². The van der Waals surface area contributed by atoms with Crippen LogP contribution in [0, 0.1) is 0 Å². The van der Waals surface area contributed by atoms with Gasteiger partial charge in [0.05, 0.1) is 18.1 Å². The van der Waals surface area contributed by atoms with Gasteiger partial charge in [-0.15, -0.1) is 0 Å². The highest BCUT2D eigenvalue weighted by atomic mass is 32.2. The third kappa shape index (κ3) is 6.00. The van der Waals surface area contributed by atoms with Gasteiger partial charge in [-0.25, -0.2) is 0 Å². The van der Waals surface area contributed by atoms with E-state index < -0.39 is 10.1 Å². The SMILES string of the molecule is CS(=O)(=O)Oc1cccc(CCOc2ccc(CC3SC(=O)NC3=O)cc2)c1. The van der Waals surface area contributed by atoms with Gasteiger partial charge in [0.1, 0.15) is 11.5 Å². The van der Waals surface area contributed by atoms with Crippen LogP contribution < -0.4 is 14.2 Å². The summed E-state index contributed by atoms with van der Waals surface area (Å²) in [7, 11) is -3.55. The summed E-state index contributed by atoms with van der Waals surface area (Å²) in [5.74, 6) is 0.709. The molecule has 2 aromatic carbocycles. The monoisotopic (exact) mass is 421 g/mol. The van der Waals surface area contributed by atoms with Crippen LogP contribution in [0.2, 0.25) is 0 Å². The quantitative estimate of drug-likeness (QED) is 0.654. The molecular formula is C19H19NO6S2. The molecule has 1 aliphatic heterocycles. The molecule has 1 atom stereocenters. The first-order chi connectivity index (χ1) is 13.3. The number of nitrogens with one attached hydrogen (secondary N) is 1. The van der Waals surface area contributed by atoms with E-state index in [0.29, 0.717) is 25.2 Å². The summed E-state index contributed by atoms with van der Waals surface area (Å²) >= 11 is 1.01. The highest BCUT2D eigenvalue weighted by Crippen LogP contribution is 2.24. The van der Waals surface area contributed by atoms with E-state index in [2.05, 4.69) is 5.32 Å². The van der Waals surface area contributed by atoms with Crippen molar-refractivity contribution in [2.45, 2.75) is 18.1 Å². The van der Waals surface area contributed by atoms with E-state index in [1.54, 1.807) is 18.2 Å². The van der Waals surface area contributed by atoms with Gasteiger partial charge >= 0.3 is 10.1 Å². The number of amides is 2. The Balaban J connectivity index is 1.49. The second-order valence-corrected chi connectivity index (χ2v) is 9.02. The molecule has 1 heterocycles. The maximum absolute atomic E-state index is 11.6. The molecule has 7 nitrogen and oxygen atoms in total. The fourth-order valence-corrected chi connectivity index (χ4v) is 3.99. The van der Waals surface area contributed by atoms with E-state index in [1.165, 1.54) is 0 Å². The molecule has 2 amide bonds. The normalized spacial score (nSPS) is 16.7. The Morgan fingerprint density at radius 2 is 1.79 bits per heavy atom. The van der Waals surface area contributed by atoms with Crippen molar-refractivity contribution >= 4 is 33.0 Å². The maximum atomic E-state index is 11.6. The van der Waals surface area contributed by atoms with Crippen molar-refractivity contribution in [2.75, 3.05) is 12.9 Å². The van der Waals surface area contributed by atoms with Gasteiger partial charge in [-0.1, -0.05) is 36.0 Å². The number of carbonyl (C=O) groups is 2. The molecule has 2 aromatic rings. The van der Waals surface area contributed by atoms with Gasteiger partial charge in [0.25, 0.3) is 5.24 Å². The first-order valence-corrected chi connectivity index (χ1v) is 11.2. The molecule has 28 heavy (non-hydrogen) atoms. The summed E-state index contributed by atoms with van der Waals surface area (Å²) in [6.07, 6.45) is 2.07. The molecule has 9 heteroatoms. The predicted octanol–water partition coefficient (Wildman–Crippen LogP) is 2.54. The molecule has 0 radical (unpaired) electrons. The number of rotatable bonds is 8. The summed E-state index contributed by atoms with van der Waals surface area (Å²) in [6.45, 7) is 0.414. The van der Waals surface area contributed by atoms with Crippen molar-refractivity contribution in [2.24, 2.45) is 0 Å². The second-order valence-electron chi connectivity index (χ2n) is 6.26. The lowest BCUT2D eigenvalue weighted by molar-refractivity contribution is -0.118. The molecule has 148 valence electrons. The third-order valence-electron chi connectivity index (χ3n) is 3.92. The summed E-state index contributed by atoms with van der Waals surface area (Å²) in [5, 5.41) is 1.58. The van der Waals surface area contributed by atoms with Crippen LogP contribution in [-0.4, -0.2) is 37.7 Å². The molecule has 1 aliphatic rings. The van der Waals surface area contributed by atoms with E-state index >= 15 is 0 Å². The van der Waals surface area contributed by atoms with Crippen LogP contribution in [0.25, 0.3) is 0 Å². The van der Waals surface area contributed by atoms with Gasteiger partial charge in [-0.3, -0.25) is 14.9 Å². The Kier molecular flexibility index (Phi) is 6.25. The maximum Gasteiger partial charge on any atom is 0.306 e. The third-order valence-corrected chi connectivity index (χ3v) is 5.39. The Hall–Kier alpha value is -2.52. The molecular weight excluding hydrogens is 402 g/mol. The molecule has 0 spiro atoms. The van der Waals surface area contributed by atoms with Crippen molar-refractivity contribution in [3.05, 3.63) is 59.7 Å². The molecule has 3 rings (SSSR count). The molecule has 0 bridgehead atoms. The van der Waals surface area contributed by atoms with E-state index in [0.717, 1.165) is 29.1 Å². The molecule has 1 unspecified atom stereocenters. The fraction of sp³-hybridized carbons (Fsp3) is 0.263. The van der Waals surface area contributed by atoms with Crippen molar-refractivity contribution in [1.29, 1.82) is 0 Å². The first kappa shape index (κ1) is 20.2. The Morgan fingerprint density at radius 3 is 2.43 bits per heavy atom. The van der Waals surface area contributed by atoms with E-state index in [-0.39, 0.29) is 22.1 Å². The minimum atomic E-state index is -3.55. The molecule has 1 saturated heterocycles. The first-order valence-electron chi connectivity index (χ1n) is 8.50. The standard InChI is InChI=1S/C19H19NO6S2/c1-28(23,24)26-16-4-2-3-13(11-16)9-10-25-15-7-5-14(6-8-15)12-17-18(21)20-19(22)27-17/h2-8,11,17H,9-10,12H2,1H3,(H,20,21,22). The van der Waals surface area contributed by atoms with Gasteiger partial charge in [0.15, 0.2) is 0 Å². The van der Waals surface area contributed by atoms with Crippen LogP contribution in [0.3, 0.4) is 0 Å². The van der Waals surface area contributed by atoms with Crippen LogP contribution in [0.15, 0.2) is 48.5 Å². The zero-order valence-electron chi connectivity index (χ0n) is 15.1. The van der Waals surface area contributed by atoms with Crippen LogP contribution in [0.1, 0.15) is 11.1 Å². The van der Waals surface area contributed by atoms with Gasteiger partial charge in [0.2, 0.25) is 5.91 Å². The average Bonchev–Trinajstić information content (AvgIpc) is 2.92. The van der Waals surface area contributed by atoms with Gasteiger partial charge in [0, 0.05) is 6.42 Å². The van der Waals surface area contributed by atoms with Crippen molar-refractivity contribution in [3.8, 4) is 11.5 Å². The van der Waals surface area contributed by atoms with Crippen LogP contribution in [-0.2, 0) is 27.8 Å². The number of ether oxygens (including phenoxy) is 1. The summed E-state index contributed by atoms with van der Waals surface area (Å²) in [6, 6.07) is 14.2. The largest absolute Gasteiger partial charge is 0.493 e. The summed E-state index contributed by atoms with van der Waals surface area (Å²) < 4.78 is 33.0. The fourth-order valence-electron chi connectivity index (χ4n) is 2.68. The number of benzene rings is 2. The zero-order chi connectivity index (χ0) is 20.1. The predicted molar refractivity (Wildman–Crippen MR) is 106 cm³/mol. The number of hydrogen-bond acceptors (Lipinski definition) is 7. The number of hydrogen-bond donors (Lipinski definition) is 1. The van der Waals surface area contributed by atoms with Crippen LogP contribution >= 0.6 is 11.8 Å². The lowest BCUT2D eigenvalue weighted by atomic mass is 10.1. The average molecular weight is 421 g/mol. The van der Waals surface area contributed by atoms with Gasteiger partial charge in [-0.2, -0.15) is 8.42 Å². The van der Waals surface area contributed by atoms with Crippen LogP contribution in [0.4, 0.5) is 4.79 Å². The van der Waals surface area contributed by atoms with E-state index in [1.807, 2.05) is 30.3 Å². The zero-order valence-corrected chi connectivity index (χ0v) is 16.7. The highest BCUT2D eigenvalue weighted by molar-refractivity contribution is 8.15. The molecule has 0 saturated carbocycles. The summed E-state index contributed by atoms with van der Waals surface area (Å²) in [4.78, 5) is 22.8. The Morgan fingerprint density at radius 1 is 1.04 bits per heavy atom. The van der Waals surface area contributed by atoms with Gasteiger partial charge in [-0.05, 0) is 41.8 Å². The topological polar surface area (TPSA) is 98.8 Å². The van der Waals surface area contributed by atoms with E-state index in [9.17, 15) is 18.0 Å². The smallest absolute Gasteiger partial charge is 0.306 e. The molecule has 1 N–H and O–H groups in total.